The lowest BCUT2D eigenvalue weighted by atomic mass is 10.0. The van der Waals surface area contributed by atoms with E-state index in [1.165, 1.54) is 0 Å². The molecule has 0 aromatic carbocycles. The first kappa shape index (κ1) is 8.84. The third kappa shape index (κ3) is 1.49. The zero-order valence-electron chi connectivity index (χ0n) is 7.55. The summed E-state index contributed by atoms with van der Waals surface area (Å²) in [6, 6.07) is 1.76. The van der Waals surface area contributed by atoms with Crippen LogP contribution in [0.3, 0.4) is 0 Å². The molecule has 0 radical (unpaired) electrons. The second kappa shape index (κ2) is 3.43. The normalized spacial score (nSPS) is 10.3. The number of hydrogen-bond acceptors (Lipinski definition) is 2. The van der Waals surface area contributed by atoms with Crippen LogP contribution in [-0.4, -0.2) is 12.1 Å². The molecule has 0 aliphatic carbocycles. The molecule has 1 N–H and O–H groups in total. The Hall–Kier alpha value is -1.25. The largest absolute Gasteiger partial charge is 0.496 e. The maximum Gasteiger partial charge on any atom is 0.255 e. The highest BCUT2D eigenvalue weighted by molar-refractivity contribution is 5.32. The maximum atomic E-state index is 11.3. The third-order valence-corrected chi connectivity index (χ3v) is 1.76. The Morgan fingerprint density at radius 2 is 2.17 bits per heavy atom. The van der Waals surface area contributed by atoms with Crippen LogP contribution in [0.5, 0.6) is 5.75 Å². The molecule has 0 aliphatic rings. The minimum absolute atomic E-state index is 0.0654. The van der Waals surface area contributed by atoms with Gasteiger partial charge in [-0.1, -0.05) is 13.8 Å². The van der Waals surface area contributed by atoms with Gasteiger partial charge in [0, 0.05) is 6.20 Å². The Bertz CT molecular complexity index is 315. The molecule has 0 atom stereocenters. The predicted octanol–water partition coefficient (Wildman–Crippen LogP) is 1.51. The van der Waals surface area contributed by atoms with Gasteiger partial charge >= 0.3 is 0 Å². The number of H-pyrrole nitrogens is 1. The van der Waals surface area contributed by atoms with Crippen LogP contribution in [0.25, 0.3) is 0 Å². The van der Waals surface area contributed by atoms with Gasteiger partial charge in [-0.15, -0.1) is 0 Å². The summed E-state index contributed by atoms with van der Waals surface area (Å²) in [7, 11) is 1.57. The van der Waals surface area contributed by atoms with Crippen LogP contribution in [-0.2, 0) is 0 Å². The monoisotopic (exact) mass is 167 g/mol. The highest BCUT2D eigenvalue weighted by Gasteiger charge is 2.10. The smallest absolute Gasteiger partial charge is 0.255 e. The van der Waals surface area contributed by atoms with Crippen molar-refractivity contribution in [2.75, 3.05) is 7.11 Å². The van der Waals surface area contributed by atoms with Crippen LogP contribution in [0.4, 0.5) is 0 Å². The van der Waals surface area contributed by atoms with E-state index in [-0.39, 0.29) is 11.5 Å². The SMILES string of the molecule is COc1cc[nH]c(=O)c1C(C)C. The Labute approximate surface area is 71.4 Å². The molecule has 3 nitrogen and oxygen atoms in total. The van der Waals surface area contributed by atoms with E-state index in [1.54, 1.807) is 19.4 Å². The first-order chi connectivity index (χ1) is 5.66. The van der Waals surface area contributed by atoms with E-state index in [2.05, 4.69) is 4.98 Å². The fraction of sp³-hybridized carbons (Fsp3) is 0.444. The van der Waals surface area contributed by atoms with Crippen LogP contribution < -0.4 is 10.3 Å². The molecule has 0 spiro atoms. The summed E-state index contributed by atoms with van der Waals surface area (Å²) in [6.45, 7) is 3.93. The van der Waals surface area contributed by atoms with Crippen LogP contribution >= 0.6 is 0 Å². The average molecular weight is 167 g/mol. The quantitative estimate of drug-likeness (QED) is 0.725. The van der Waals surface area contributed by atoms with Crippen molar-refractivity contribution in [3.05, 3.63) is 28.2 Å². The molecule has 1 aromatic heterocycles. The summed E-state index contributed by atoms with van der Waals surface area (Å²) < 4.78 is 5.07. The molecule has 0 fully saturated rings. The lowest BCUT2D eigenvalue weighted by Crippen LogP contribution is -2.14. The van der Waals surface area contributed by atoms with Crippen molar-refractivity contribution >= 4 is 0 Å². The number of nitrogens with one attached hydrogen (secondary N) is 1. The van der Waals surface area contributed by atoms with Gasteiger partial charge in [-0.25, -0.2) is 0 Å². The summed E-state index contributed by atoms with van der Waals surface area (Å²) in [5.41, 5.74) is 0.643. The van der Waals surface area contributed by atoms with Crippen molar-refractivity contribution in [3.8, 4) is 5.75 Å². The molecule has 0 aliphatic heterocycles. The van der Waals surface area contributed by atoms with Crippen molar-refractivity contribution in [2.24, 2.45) is 0 Å². The number of rotatable bonds is 2. The van der Waals surface area contributed by atoms with E-state index in [9.17, 15) is 4.79 Å². The number of hydrogen-bond donors (Lipinski definition) is 1. The van der Waals surface area contributed by atoms with Crippen molar-refractivity contribution in [1.29, 1.82) is 0 Å². The van der Waals surface area contributed by atoms with Gasteiger partial charge in [-0.3, -0.25) is 4.79 Å². The van der Waals surface area contributed by atoms with E-state index in [0.717, 1.165) is 0 Å². The Kier molecular flexibility index (Phi) is 2.53. The fourth-order valence-corrected chi connectivity index (χ4v) is 1.20. The summed E-state index contributed by atoms with van der Waals surface area (Å²) in [4.78, 5) is 13.9. The highest BCUT2D eigenvalue weighted by Crippen LogP contribution is 2.20. The standard InChI is InChI=1S/C9H13NO2/c1-6(2)8-7(12-3)4-5-10-9(8)11/h4-6H,1-3H3,(H,10,11). The minimum Gasteiger partial charge on any atom is -0.496 e. The molecule has 12 heavy (non-hydrogen) atoms. The van der Waals surface area contributed by atoms with E-state index in [0.29, 0.717) is 11.3 Å². The topological polar surface area (TPSA) is 42.1 Å². The van der Waals surface area contributed by atoms with Gasteiger partial charge in [0.05, 0.1) is 12.7 Å². The fourth-order valence-electron chi connectivity index (χ4n) is 1.20. The van der Waals surface area contributed by atoms with E-state index in [1.807, 2.05) is 13.8 Å². The van der Waals surface area contributed by atoms with E-state index >= 15 is 0 Å². The minimum atomic E-state index is -0.0654. The van der Waals surface area contributed by atoms with E-state index in [4.69, 9.17) is 4.74 Å². The first-order valence-electron chi connectivity index (χ1n) is 3.92. The van der Waals surface area contributed by atoms with Gasteiger partial charge in [-0.05, 0) is 12.0 Å². The molecular weight excluding hydrogens is 154 g/mol. The average Bonchev–Trinajstić information content (AvgIpc) is 2.03. The lowest BCUT2D eigenvalue weighted by molar-refractivity contribution is 0.406. The van der Waals surface area contributed by atoms with Gasteiger partial charge in [-0.2, -0.15) is 0 Å². The predicted molar refractivity (Wildman–Crippen MR) is 47.7 cm³/mol. The maximum absolute atomic E-state index is 11.3. The summed E-state index contributed by atoms with van der Waals surface area (Å²) in [5.74, 6) is 0.846. The van der Waals surface area contributed by atoms with Gasteiger partial charge in [0.2, 0.25) is 0 Å². The summed E-state index contributed by atoms with van der Waals surface area (Å²) in [5, 5.41) is 0. The molecule has 0 amide bonds. The molecule has 66 valence electrons. The zero-order valence-corrected chi connectivity index (χ0v) is 7.55. The second-order valence-electron chi connectivity index (χ2n) is 2.94. The number of aromatic amines is 1. The van der Waals surface area contributed by atoms with Crippen LogP contribution in [0.1, 0.15) is 25.3 Å². The third-order valence-electron chi connectivity index (χ3n) is 1.76. The Morgan fingerprint density at radius 3 is 2.58 bits per heavy atom. The zero-order chi connectivity index (χ0) is 9.14. The number of aromatic nitrogens is 1. The Morgan fingerprint density at radius 1 is 1.50 bits per heavy atom. The molecule has 1 heterocycles. The second-order valence-corrected chi connectivity index (χ2v) is 2.94. The molecule has 0 unspecified atom stereocenters. The van der Waals surface area contributed by atoms with Gasteiger partial charge in [0.1, 0.15) is 5.75 Å². The van der Waals surface area contributed by atoms with Crippen molar-refractivity contribution in [3.63, 3.8) is 0 Å². The number of pyridine rings is 1. The molecule has 0 bridgehead atoms. The number of methoxy groups -OCH3 is 1. The van der Waals surface area contributed by atoms with Crippen molar-refractivity contribution in [1.82, 2.24) is 4.98 Å². The van der Waals surface area contributed by atoms with Crippen LogP contribution in [0, 0.1) is 0 Å². The molecular formula is C9H13NO2. The van der Waals surface area contributed by atoms with Crippen LogP contribution in [0.2, 0.25) is 0 Å². The van der Waals surface area contributed by atoms with E-state index < -0.39 is 0 Å². The lowest BCUT2D eigenvalue weighted by Gasteiger charge is -2.08. The molecule has 1 aromatic rings. The van der Waals surface area contributed by atoms with Crippen molar-refractivity contribution in [2.45, 2.75) is 19.8 Å². The van der Waals surface area contributed by atoms with Crippen LogP contribution in [0.15, 0.2) is 17.1 Å². The first-order valence-corrected chi connectivity index (χ1v) is 3.92. The van der Waals surface area contributed by atoms with Gasteiger partial charge in [0.15, 0.2) is 0 Å². The summed E-state index contributed by atoms with van der Waals surface area (Å²) >= 11 is 0. The molecule has 1 rings (SSSR count). The molecule has 3 heteroatoms. The highest BCUT2D eigenvalue weighted by atomic mass is 16.5. The summed E-state index contributed by atoms with van der Waals surface area (Å²) in [6.07, 6.45) is 1.59. The Balaban J connectivity index is 3.30. The number of ether oxygens (including phenoxy) is 1. The van der Waals surface area contributed by atoms with Gasteiger partial charge < -0.3 is 9.72 Å². The molecule has 0 saturated heterocycles. The molecule has 0 saturated carbocycles. The van der Waals surface area contributed by atoms with Gasteiger partial charge in [0.25, 0.3) is 5.56 Å². The van der Waals surface area contributed by atoms with Crippen molar-refractivity contribution < 1.29 is 4.74 Å².